The summed E-state index contributed by atoms with van der Waals surface area (Å²) in [6.07, 6.45) is 1.72. The van der Waals surface area contributed by atoms with E-state index < -0.39 is 0 Å². The fourth-order valence-electron chi connectivity index (χ4n) is 2.46. The highest BCUT2D eigenvalue weighted by atomic mass is 32.1. The van der Waals surface area contributed by atoms with Gasteiger partial charge in [0, 0.05) is 22.2 Å². The SMILES string of the molecule is O=C(Nc1ccc(-c2ncc(-c3cccc(O)c3)[nH]2)cc1)c1csnn1. The first-order valence-electron chi connectivity index (χ1n) is 7.72. The van der Waals surface area contributed by atoms with Crippen LogP contribution in [0, 0.1) is 0 Å². The van der Waals surface area contributed by atoms with Crippen LogP contribution in [0.15, 0.2) is 60.1 Å². The van der Waals surface area contributed by atoms with Gasteiger partial charge in [0.1, 0.15) is 11.6 Å². The van der Waals surface area contributed by atoms with Gasteiger partial charge in [0.25, 0.3) is 5.91 Å². The summed E-state index contributed by atoms with van der Waals surface area (Å²) in [6.45, 7) is 0. The van der Waals surface area contributed by atoms with Gasteiger partial charge in [-0.3, -0.25) is 4.79 Å². The number of aromatic nitrogens is 4. The smallest absolute Gasteiger partial charge is 0.277 e. The number of aromatic amines is 1. The molecule has 128 valence electrons. The van der Waals surface area contributed by atoms with E-state index in [9.17, 15) is 9.90 Å². The number of hydrogen-bond acceptors (Lipinski definition) is 6. The van der Waals surface area contributed by atoms with E-state index >= 15 is 0 Å². The van der Waals surface area contributed by atoms with Gasteiger partial charge in [0.2, 0.25) is 0 Å². The Balaban J connectivity index is 1.51. The van der Waals surface area contributed by atoms with Gasteiger partial charge >= 0.3 is 0 Å². The highest BCUT2D eigenvalue weighted by Crippen LogP contribution is 2.25. The quantitative estimate of drug-likeness (QED) is 0.514. The minimum Gasteiger partial charge on any atom is -0.508 e. The number of anilines is 1. The molecule has 8 heteroatoms. The summed E-state index contributed by atoms with van der Waals surface area (Å²) in [5, 5.41) is 17.7. The van der Waals surface area contributed by atoms with Gasteiger partial charge in [-0.05, 0) is 47.9 Å². The van der Waals surface area contributed by atoms with Crippen molar-refractivity contribution < 1.29 is 9.90 Å². The topological polar surface area (TPSA) is 104 Å². The molecular formula is C18H13N5O2S. The van der Waals surface area contributed by atoms with Gasteiger partial charge < -0.3 is 15.4 Å². The van der Waals surface area contributed by atoms with Crippen LogP contribution in [0.3, 0.4) is 0 Å². The molecule has 4 rings (SSSR count). The Hall–Kier alpha value is -3.52. The van der Waals surface area contributed by atoms with Crippen LogP contribution in [0.4, 0.5) is 5.69 Å². The monoisotopic (exact) mass is 363 g/mol. The lowest BCUT2D eigenvalue weighted by Crippen LogP contribution is -2.12. The number of amides is 1. The number of aromatic hydroxyl groups is 1. The molecule has 0 aliphatic heterocycles. The summed E-state index contributed by atoms with van der Waals surface area (Å²) >= 11 is 1.13. The zero-order valence-electron chi connectivity index (χ0n) is 13.4. The third kappa shape index (κ3) is 3.31. The first-order chi connectivity index (χ1) is 12.7. The maximum Gasteiger partial charge on any atom is 0.277 e. The average molecular weight is 363 g/mol. The third-order valence-electron chi connectivity index (χ3n) is 3.74. The van der Waals surface area contributed by atoms with Gasteiger partial charge in [-0.2, -0.15) is 0 Å². The largest absolute Gasteiger partial charge is 0.508 e. The van der Waals surface area contributed by atoms with Gasteiger partial charge in [0.15, 0.2) is 5.69 Å². The molecule has 2 aromatic carbocycles. The van der Waals surface area contributed by atoms with E-state index in [4.69, 9.17) is 0 Å². The summed E-state index contributed by atoms with van der Waals surface area (Å²) in [6, 6.07) is 14.3. The Kier molecular flexibility index (Phi) is 4.16. The molecule has 0 unspecified atom stereocenters. The predicted molar refractivity (Wildman–Crippen MR) is 99.0 cm³/mol. The van der Waals surface area contributed by atoms with Crippen molar-refractivity contribution in [3.8, 4) is 28.4 Å². The van der Waals surface area contributed by atoms with Crippen molar-refractivity contribution in [1.29, 1.82) is 0 Å². The molecule has 0 aliphatic rings. The van der Waals surface area contributed by atoms with Crippen LogP contribution in [-0.2, 0) is 0 Å². The molecule has 2 heterocycles. The lowest BCUT2D eigenvalue weighted by Gasteiger charge is -2.04. The molecule has 0 aliphatic carbocycles. The van der Waals surface area contributed by atoms with E-state index in [-0.39, 0.29) is 11.7 Å². The maximum atomic E-state index is 12.0. The first kappa shape index (κ1) is 16.0. The minimum absolute atomic E-state index is 0.203. The normalized spacial score (nSPS) is 10.6. The van der Waals surface area contributed by atoms with Crippen LogP contribution in [-0.4, -0.2) is 30.6 Å². The highest BCUT2D eigenvalue weighted by Gasteiger charge is 2.10. The Morgan fingerprint density at radius 1 is 1.12 bits per heavy atom. The van der Waals surface area contributed by atoms with Crippen molar-refractivity contribution in [2.75, 3.05) is 5.32 Å². The Labute approximate surface area is 152 Å². The van der Waals surface area contributed by atoms with Crippen molar-refractivity contribution >= 4 is 23.1 Å². The number of carbonyl (C=O) groups is 1. The second-order valence-electron chi connectivity index (χ2n) is 5.52. The number of benzene rings is 2. The fraction of sp³-hybridized carbons (Fsp3) is 0. The van der Waals surface area contributed by atoms with Crippen LogP contribution >= 0.6 is 11.5 Å². The van der Waals surface area contributed by atoms with Gasteiger partial charge in [-0.15, -0.1) is 5.10 Å². The van der Waals surface area contributed by atoms with E-state index in [0.29, 0.717) is 17.2 Å². The molecule has 0 spiro atoms. The summed E-state index contributed by atoms with van der Waals surface area (Å²) in [5.41, 5.74) is 3.49. The van der Waals surface area contributed by atoms with Gasteiger partial charge in [0.05, 0.1) is 11.9 Å². The second kappa shape index (κ2) is 6.77. The summed E-state index contributed by atoms with van der Waals surface area (Å²) in [4.78, 5) is 19.6. The molecule has 0 bridgehead atoms. The van der Waals surface area contributed by atoms with Crippen molar-refractivity contribution in [2.24, 2.45) is 0 Å². The molecule has 0 saturated heterocycles. The fourth-order valence-corrected chi connectivity index (χ4v) is 2.89. The number of imidazole rings is 1. The summed E-state index contributed by atoms with van der Waals surface area (Å²) < 4.78 is 3.67. The summed E-state index contributed by atoms with van der Waals surface area (Å²) in [7, 11) is 0. The van der Waals surface area contributed by atoms with Gasteiger partial charge in [-0.1, -0.05) is 16.6 Å². The molecule has 1 amide bonds. The van der Waals surface area contributed by atoms with E-state index in [1.54, 1.807) is 41.9 Å². The number of phenolic OH excluding ortho intramolecular Hbond substituents is 1. The molecule has 4 aromatic rings. The standard InChI is InChI=1S/C18H13N5O2S/c24-14-3-1-2-12(8-14)15-9-19-17(21-15)11-4-6-13(7-5-11)20-18(25)16-10-26-23-22-16/h1-10,24H,(H,19,21)(H,20,25). The van der Waals surface area contributed by atoms with Crippen molar-refractivity contribution in [3.63, 3.8) is 0 Å². The molecule has 3 N–H and O–H groups in total. The van der Waals surface area contributed by atoms with E-state index in [2.05, 4.69) is 24.9 Å². The molecule has 0 fully saturated rings. The number of carbonyl (C=O) groups excluding carboxylic acids is 1. The number of phenols is 1. The Morgan fingerprint density at radius 2 is 1.96 bits per heavy atom. The van der Waals surface area contributed by atoms with Crippen molar-refractivity contribution in [1.82, 2.24) is 19.6 Å². The number of nitrogens with one attached hydrogen (secondary N) is 2. The molecule has 2 aromatic heterocycles. The lowest BCUT2D eigenvalue weighted by molar-refractivity contribution is 0.102. The third-order valence-corrected chi connectivity index (χ3v) is 4.25. The van der Waals surface area contributed by atoms with E-state index in [0.717, 1.165) is 28.4 Å². The Morgan fingerprint density at radius 3 is 2.69 bits per heavy atom. The maximum absolute atomic E-state index is 12.0. The van der Waals surface area contributed by atoms with Crippen LogP contribution in [0.25, 0.3) is 22.6 Å². The molecular weight excluding hydrogens is 350 g/mol. The molecule has 0 saturated carbocycles. The molecule has 7 nitrogen and oxygen atoms in total. The number of hydrogen-bond donors (Lipinski definition) is 3. The van der Waals surface area contributed by atoms with Crippen molar-refractivity contribution in [2.45, 2.75) is 0 Å². The average Bonchev–Trinajstić information content (AvgIpc) is 3.35. The van der Waals surface area contributed by atoms with Gasteiger partial charge in [-0.25, -0.2) is 4.98 Å². The van der Waals surface area contributed by atoms with Crippen LogP contribution < -0.4 is 5.32 Å². The van der Waals surface area contributed by atoms with Crippen molar-refractivity contribution in [3.05, 3.63) is 65.8 Å². The number of rotatable bonds is 4. The zero-order chi connectivity index (χ0) is 17.9. The first-order valence-corrected chi connectivity index (χ1v) is 8.56. The minimum atomic E-state index is -0.296. The molecule has 0 radical (unpaired) electrons. The van der Waals surface area contributed by atoms with E-state index in [1.165, 1.54) is 0 Å². The highest BCUT2D eigenvalue weighted by molar-refractivity contribution is 7.03. The van der Waals surface area contributed by atoms with E-state index in [1.807, 2.05) is 18.2 Å². The number of H-pyrrole nitrogens is 1. The number of nitrogens with zero attached hydrogens (tertiary/aromatic N) is 3. The predicted octanol–water partition coefficient (Wildman–Crippen LogP) is 3.55. The summed E-state index contributed by atoms with van der Waals surface area (Å²) in [5.74, 6) is 0.606. The van der Waals surface area contributed by atoms with Crippen LogP contribution in [0.2, 0.25) is 0 Å². The Bertz CT molecular complexity index is 1040. The van der Waals surface area contributed by atoms with Crippen LogP contribution in [0.1, 0.15) is 10.5 Å². The second-order valence-corrected chi connectivity index (χ2v) is 6.13. The lowest BCUT2D eigenvalue weighted by atomic mass is 10.1. The van der Waals surface area contributed by atoms with Crippen LogP contribution in [0.5, 0.6) is 5.75 Å². The molecule has 26 heavy (non-hydrogen) atoms. The molecule has 0 atom stereocenters. The zero-order valence-corrected chi connectivity index (χ0v) is 14.2.